The van der Waals surface area contributed by atoms with Gasteiger partial charge in [-0.1, -0.05) is 41.9 Å². The third-order valence-electron chi connectivity index (χ3n) is 6.96. The molecule has 10 heteroatoms. The van der Waals surface area contributed by atoms with Crippen LogP contribution in [0.5, 0.6) is 5.75 Å². The molecule has 2 aromatic heterocycles. The first-order valence-electron chi connectivity index (χ1n) is 11.9. The highest BCUT2D eigenvalue weighted by molar-refractivity contribution is 6.31. The lowest BCUT2D eigenvalue weighted by Crippen LogP contribution is -2.47. The van der Waals surface area contributed by atoms with E-state index in [-0.39, 0.29) is 23.4 Å². The lowest BCUT2D eigenvalue weighted by molar-refractivity contribution is -0.0364. The number of likely N-dealkylation sites (tertiary alicyclic amines) is 1. The number of halogens is 1. The molecule has 4 N–H and O–H groups in total. The van der Waals surface area contributed by atoms with Gasteiger partial charge in [-0.2, -0.15) is 5.10 Å². The minimum atomic E-state index is -1.02. The monoisotopic (exact) mass is 508 g/mol. The summed E-state index contributed by atoms with van der Waals surface area (Å²) in [6.07, 6.45) is 2.52. The summed E-state index contributed by atoms with van der Waals surface area (Å²) in [6, 6.07) is 12.8. The zero-order valence-corrected chi connectivity index (χ0v) is 20.8. The topological polar surface area (TPSA) is 122 Å². The second-order valence-electron chi connectivity index (χ2n) is 9.52. The fraction of sp³-hybridized carbons (Fsp3) is 0.346. The maximum absolute atomic E-state index is 13.3. The number of piperidine rings is 1. The Hall–Kier alpha value is -3.24. The van der Waals surface area contributed by atoms with E-state index in [1.165, 1.54) is 17.0 Å². The molecule has 0 unspecified atom stereocenters. The van der Waals surface area contributed by atoms with E-state index in [9.17, 15) is 15.0 Å². The molecular formula is C26H29ClN6O3. The Balaban J connectivity index is 1.32. The van der Waals surface area contributed by atoms with E-state index in [1.54, 1.807) is 17.8 Å². The first-order chi connectivity index (χ1) is 17.3. The molecule has 2 aromatic carbocycles. The third kappa shape index (κ3) is 4.75. The van der Waals surface area contributed by atoms with Crippen molar-refractivity contribution < 1.29 is 10.2 Å². The lowest BCUT2D eigenvalue weighted by atomic mass is 9.91. The van der Waals surface area contributed by atoms with Gasteiger partial charge in [0.2, 0.25) is 0 Å². The molecule has 1 aliphatic rings. The number of nitrogens with zero attached hydrogens (tertiary/aromatic N) is 5. The van der Waals surface area contributed by atoms with Gasteiger partial charge in [0.05, 0.1) is 24.2 Å². The van der Waals surface area contributed by atoms with Gasteiger partial charge < -0.3 is 15.9 Å². The highest BCUT2D eigenvalue weighted by Crippen LogP contribution is 2.29. The van der Waals surface area contributed by atoms with Gasteiger partial charge in [-0.05, 0) is 36.1 Å². The lowest BCUT2D eigenvalue weighted by Gasteiger charge is -2.38. The molecule has 1 fully saturated rings. The van der Waals surface area contributed by atoms with Crippen LogP contribution in [-0.2, 0) is 26.7 Å². The van der Waals surface area contributed by atoms with Crippen LogP contribution in [0.1, 0.15) is 24.0 Å². The molecular weight excluding hydrogens is 480 g/mol. The predicted molar refractivity (Wildman–Crippen MR) is 139 cm³/mol. The largest absolute Gasteiger partial charge is 0.508 e. The van der Waals surface area contributed by atoms with Crippen molar-refractivity contribution in [2.75, 3.05) is 13.1 Å². The standard InChI is InChI=1S/C26H29ClN6O3/c1-31-24(18-4-2-17(13-28)3-5-18)22-23(30-31)25(35)33(16-29-22)15-26(36)8-10-32(11-9-26)14-19-6-7-20(34)12-21(19)27/h2-7,12,16,34,36H,8-11,13-15,28H2,1H3. The summed E-state index contributed by atoms with van der Waals surface area (Å²) < 4.78 is 3.13. The minimum Gasteiger partial charge on any atom is -0.508 e. The molecule has 1 aliphatic heterocycles. The predicted octanol–water partition coefficient (Wildman–Crippen LogP) is 2.64. The van der Waals surface area contributed by atoms with Crippen molar-refractivity contribution in [2.24, 2.45) is 12.8 Å². The molecule has 0 saturated carbocycles. The van der Waals surface area contributed by atoms with Crippen LogP contribution in [0, 0.1) is 0 Å². The number of aryl methyl sites for hydroxylation is 1. The summed E-state index contributed by atoms with van der Waals surface area (Å²) in [6.45, 7) is 2.56. The van der Waals surface area contributed by atoms with Gasteiger partial charge in [-0.15, -0.1) is 0 Å². The zero-order valence-electron chi connectivity index (χ0n) is 20.1. The molecule has 5 rings (SSSR count). The van der Waals surface area contributed by atoms with Crippen molar-refractivity contribution >= 4 is 22.6 Å². The zero-order chi connectivity index (χ0) is 25.4. The number of hydrogen-bond donors (Lipinski definition) is 3. The number of aromatic hydroxyl groups is 1. The second kappa shape index (κ2) is 9.67. The van der Waals surface area contributed by atoms with E-state index in [0.717, 1.165) is 22.4 Å². The summed E-state index contributed by atoms with van der Waals surface area (Å²) in [5, 5.41) is 25.8. The number of aromatic nitrogens is 4. The number of fused-ring (bicyclic) bond motifs is 1. The van der Waals surface area contributed by atoms with Crippen LogP contribution >= 0.6 is 11.6 Å². The molecule has 4 aromatic rings. The van der Waals surface area contributed by atoms with E-state index < -0.39 is 5.60 Å². The Bertz CT molecular complexity index is 1460. The first kappa shape index (κ1) is 24.5. The highest BCUT2D eigenvalue weighted by atomic mass is 35.5. The maximum atomic E-state index is 13.3. The van der Waals surface area contributed by atoms with Gasteiger partial charge in [0, 0.05) is 43.8 Å². The van der Waals surface area contributed by atoms with E-state index in [4.69, 9.17) is 17.3 Å². The number of benzene rings is 2. The molecule has 3 heterocycles. The van der Waals surface area contributed by atoms with Crippen molar-refractivity contribution in [1.82, 2.24) is 24.2 Å². The van der Waals surface area contributed by atoms with Crippen molar-refractivity contribution in [2.45, 2.75) is 38.1 Å². The normalized spacial score (nSPS) is 16.0. The smallest absolute Gasteiger partial charge is 0.281 e. The first-order valence-corrected chi connectivity index (χ1v) is 12.3. The van der Waals surface area contributed by atoms with Gasteiger partial charge in [0.15, 0.2) is 5.52 Å². The summed E-state index contributed by atoms with van der Waals surface area (Å²) in [5.41, 5.74) is 8.83. The van der Waals surface area contributed by atoms with Gasteiger partial charge >= 0.3 is 0 Å². The van der Waals surface area contributed by atoms with Gasteiger partial charge in [-0.25, -0.2) is 4.98 Å². The fourth-order valence-corrected chi connectivity index (χ4v) is 5.07. The number of nitrogens with two attached hydrogens (primary N) is 1. The number of rotatable bonds is 6. The average Bonchev–Trinajstić information content (AvgIpc) is 3.21. The number of aliphatic hydroxyl groups is 1. The summed E-state index contributed by atoms with van der Waals surface area (Å²) >= 11 is 6.25. The van der Waals surface area contributed by atoms with E-state index in [0.29, 0.717) is 49.6 Å². The quantitative estimate of drug-likeness (QED) is 0.366. The molecule has 0 amide bonds. The van der Waals surface area contributed by atoms with Crippen LogP contribution in [0.25, 0.3) is 22.3 Å². The molecule has 0 atom stereocenters. The molecule has 0 aliphatic carbocycles. The number of hydrogen-bond acceptors (Lipinski definition) is 7. The Morgan fingerprint density at radius 1 is 1.11 bits per heavy atom. The Kier molecular flexibility index (Phi) is 6.57. The van der Waals surface area contributed by atoms with E-state index in [2.05, 4.69) is 15.0 Å². The molecule has 0 spiro atoms. The minimum absolute atomic E-state index is 0.136. The number of phenolic OH excluding ortho intramolecular Hbond substituents is 1. The van der Waals surface area contributed by atoms with Crippen LogP contribution < -0.4 is 11.3 Å². The molecule has 1 saturated heterocycles. The molecule has 188 valence electrons. The van der Waals surface area contributed by atoms with Crippen molar-refractivity contribution in [1.29, 1.82) is 0 Å². The Morgan fingerprint density at radius 3 is 2.50 bits per heavy atom. The summed E-state index contributed by atoms with van der Waals surface area (Å²) in [7, 11) is 1.79. The number of phenols is 1. The molecule has 36 heavy (non-hydrogen) atoms. The van der Waals surface area contributed by atoms with Gasteiger partial charge in [0.25, 0.3) is 5.56 Å². The highest BCUT2D eigenvalue weighted by Gasteiger charge is 2.33. The van der Waals surface area contributed by atoms with Crippen LogP contribution in [-0.4, -0.2) is 53.1 Å². The van der Waals surface area contributed by atoms with Crippen LogP contribution in [0.15, 0.2) is 53.6 Å². The van der Waals surface area contributed by atoms with Crippen molar-refractivity contribution in [3.8, 4) is 17.0 Å². The summed E-state index contributed by atoms with van der Waals surface area (Å²) in [4.78, 5) is 20.1. The summed E-state index contributed by atoms with van der Waals surface area (Å²) in [5.74, 6) is 0.136. The van der Waals surface area contributed by atoms with Crippen molar-refractivity contribution in [3.63, 3.8) is 0 Å². The van der Waals surface area contributed by atoms with Gasteiger partial charge in [-0.3, -0.25) is 18.9 Å². The van der Waals surface area contributed by atoms with E-state index in [1.807, 2.05) is 30.3 Å². The SMILES string of the molecule is Cn1nc2c(=O)n(CC3(O)CCN(Cc4ccc(O)cc4Cl)CC3)cnc2c1-c1ccc(CN)cc1. The maximum Gasteiger partial charge on any atom is 0.281 e. The molecule has 9 nitrogen and oxygen atoms in total. The van der Waals surface area contributed by atoms with Crippen LogP contribution in [0.4, 0.5) is 0 Å². The fourth-order valence-electron chi connectivity index (χ4n) is 4.84. The second-order valence-corrected chi connectivity index (χ2v) is 9.93. The van der Waals surface area contributed by atoms with Gasteiger partial charge in [0.1, 0.15) is 11.3 Å². The molecule has 0 radical (unpaired) electrons. The average molecular weight is 509 g/mol. The Labute approximate surface area is 213 Å². The van der Waals surface area contributed by atoms with Crippen molar-refractivity contribution in [3.05, 3.63) is 75.3 Å². The van der Waals surface area contributed by atoms with E-state index >= 15 is 0 Å². The Morgan fingerprint density at radius 2 is 1.83 bits per heavy atom. The van der Waals surface area contributed by atoms with Crippen LogP contribution in [0.3, 0.4) is 0 Å². The third-order valence-corrected chi connectivity index (χ3v) is 7.31. The van der Waals surface area contributed by atoms with Crippen LogP contribution in [0.2, 0.25) is 5.02 Å². The molecule has 0 bridgehead atoms.